The maximum atomic E-state index is 12.0. The Morgan fingerprint density at radius 1 is 1.33 bits per heavy atom. The molecule has 2 aromatic rings. The SMILES string of the molecule is NC(=O)[C@H]1CCCN1Cc1csc(CNC(=O)c2ccccc2)n1. The summed E-state index contributed by atoms with van der Waals surface area (Å²) >= 11 is 1.51. The molecule has 2 heterocycles. The number of carbonyl (C=O) groups is 2. The number of benzene rings is 1. The van der Waals surface area contributed by atoms with Gasteiger partial charge >= 0.3 is 0 Å². The van der Waals surface area contributed by atoms with E-state index in [1.165, 1.54) is 11.3 Å². The van der Waals surface area contributed by atoms with Crippen LogP contribution in [0.4, 0.5) is 0 Å². The third-order valence-corrected chi connectivity index (χ3v) is 4.99. The van der Waals surface area contributed by atoms with Gasteiger partial charge < -0.3 is 11.1 Å². The quantitative estimate of drug-likeness (QED) is 0.832. The van der Waals surface area contributed by atoms with Crippen molar-refractivity contribution in [1.82, 2.24) is 15.2 Å². The molecule has 1 fully saturated rings. The van der Waals surface area contributed by atoms with Crippen molar-refractivity contribution in [1.29, 1.82) is 0 Å². The first-order chi connectivity index (χ1) is 11.6. The lowest BCUT2D eigenvalue weighted by molar-refractivity contribution is -0.122. The molecule has 1 aromatic heterocycles. The van der Waals surface area contributed by atoms with Gasteiger partial charge in [-0.2, -0.15) is 0 Å². The molecule has 7 heteroatoms. The summed E-state index contributed by atoms with van der Waals surface area (Å²) in [5.74, 6) is -0.376. The molecule has 2 amide bonds. The van der Waals surface area contributed by atoms with Crippen LogP contribution in [0.25, 0.3) is 0 Å². The van der Waals surface area contributed by atoms with E-state index in [4.69, 9.17) is 5.73 Å². The molecule has 0 spiro atoms. The number of carbonyl (C=O) groups excluding carboxylic acids is 2. The standard InChI is InChI=1S/C17H20N4O2S/c18-16(22)14-7-4-8-21(14)10-13-11-24-15(20-13)9-19-17(23)12-5-2-1-3-6-12/h1-3,5-6,11,14H,4,7-10H2,(H2,18,22)(H,19,23)/t14-/m1/s1. The van der Waals surface area contributed by atoms with Crippen LogP contribution in [-0.4, -0.2) is 34.3 Å². The van der Waals surface area contributed by atoms with Gasteiger partial charge in [-0.15, -0.1) is 11.3 Å². The molecule has 0 unspecified atom stereocenters. The van der Waals surface area contributed by atoms with Crippen LogP contribution < -0.4 is 11.1 Å². The first kappa shape index (κ1) is 16.6. The predicted octanol–water partition coefficient (Wildman–Crippen LogP) is 1.52. The molecule has 0 aliphatic carbocycles. The van der Waals surface area contributed by atoms with E-state index >= 15 is 0 Å². The fourth-order valence-electron chi connectivity index (χ4n) is 2.90. The molecule has 3 N–H and O–H groups in total. The third kappa shape index (κ3) is 3.98. The van der Waals surface area contributed by atoms with Gasteiger partial charge in [0.2, 0.25) is 5.91 Å². The summed E-state index contributed by atoms with van der Waals surface area (Å²) < 4.78 is 0. The average molecular weight is 344 g/mol. The van der Waals surface area contributed by atoms with Crippen LogP contribution in [0.1, 0.15) is 33.9 Å². The van der Waals surface area contributed by atoms with Crippen molar-refractivity contribution in [3.63, 3.8) is 0 Å². The Labute approximate surface area is 144 Å². The normalized spacial score (nSPS) is 17.8. The van der Waals surface area contributed by atoms with Crippen molar-refractivity contribution in [3.8, 4) is 0 Å². The highest BCUT2D eigenvalue weighted by molar-refractivity contribution is 7.09. The molecule has 6 nitrogen and oxygen atoms in total. The largest absolute Gasteiger partial charge is 0.368 e. The molecule has 0 saturated carbocycles. The molecule has 1 saturated heterocycles. The van der Waals surface area contributed by atoms with Crippen molar-refractivity contribution in [2.75, 3.05) is 6.54 Å². The minimum Gasteiger partial charge on any atom is -0.368 e. The van der Waals surface area contributed by atoms with Gasteiger partial charge in [0.25, 0.3) is 5.91 Å². The monoisotopic (exact) mass is 344 g/mol. The van der Waals surface area contributed by atoms with E-state index in [0.717, 1.165) is 30.1 Å². The van der Waals surface area contributed by atoms with Crippen molar-refractivity contribution >= 4 is 23.2 Å². The minimum absolute atomic E-state index is 0.110. The number of primary amides is 1. The van der Waals surface area contributed by atoms with Crippen molar-refractivity contribution < 1.29 is 9.59 Å². The number of aromatic nitrogens is 1. The third-order valence-electron chi connectivity index (χ3n) is 4.09. The number of amides is 2. The Bertz CT molecular complexity index is 716. The molecule has 1 aliphatic rings. The van der Waals surface area contributed by atoms with E-state index < -0.39 is 0 Å². The van der Waals surface area contributed by atoms with E-state index in [2.05, 4.69) is 15.2 Å². The van der Waals surface area contributed by atoms with E-state index in [9.17, 15) is 9.59 Å². The smallest absolute Gasteiger partial charge is 0.251 e. The molecule has 24 heavy (non-hydrogen) atoms. The molecule has 1 aromatic carbocycles. The van der Waals surface area contributed by atoms with E-state index in [-0.39, 0.29) is 17.9 Å². The van der Waals surface area contributed by atoms with Gasteiger partial charge in [0.05, 0.1) is 18.3 Å². The average Bonchev–Trinajstić information content (AvgIpc) is 3.23. The zero-order valence-electron chi connectivity index (χ0n) is 13.3. The van der Waals surface area contributed by atoms with Crippen LogP contribution in [0.15, 0.2) is 35.7 Å². The number of hydrogen-bond donors (Lipinski definition) is 2. The van der Waals surface area contributed by atoms with Gasteiger partial charge in [-0.3, -0.25) is 14.5 Å². The van der Waals surface area contributed by atoms with E-state index in [0.29, 0.717) is 18.7 Å². The Morgan fingerprint density at radius 2 is 2.12 bits per heavy atom. The number of likely N-dealkylation sites (tertiary alicyclic amines) is 1. The van der Waals surface area contributed by atoms with Crippen molar-refractivity contribution in [2.24, 2.45) is 5.73 Å². The summed E-state index contributed by atoms with van der Waals surface area (Å²) in [6.07, 6.45) is 1.80. The maximum Gasteiger partial charge on any atom is 0.251 e. The predicted molar refractivity (Wildman–Crippen MR) is 92.4 cm³/mol. The zero-order chi connectivity index (χ0) is 16.9. The maximum absolute atomic E-state index is 12.0. The summed E-state index contributed by atoms with van der Waals surface area (Å²) in [5.41, 5.74) is 6.99. The van der Waals surface area contributed by atoms with Crippen LogP contribution in [0, 0.1) is 0 Å². The Balaban J connectivity index is 1.54. The zero-order valence-corrected chi connectivity index (χ0v) is 14.1. The second-order valence-corrected chi connectivity index (χ2v) is 6.75. The summed E-state index contributed by atoms with van der Waals surface area (Å²) in [4.78, 5) is 30.1. The highest BCUT2D eigenvalue weighted by Crippen LogP contribution is 2.20. The molecular weight excluding hydrogens is 324 g/mol. The number of thiazole rings is 1. The summed E-state index contributed by atoms with van der Waals surface area (Å²) in [7, 11) is 0. The molecular formula is C17H20N4O2S. The van der Waals surface area contributed by atoms with Crippen LogP contribution in [0.2, 0.25) is 0 Å². The minimum atomic E-state index is -0.266. The molecule has 126 valence electrons. The Hall–Kier alpha value is -2.25. The topological polar surface area (TPSA) is 88.3 Å². The van der Waals surface area contributed by atoms with Crippen LogP contribution in [-0.2, 0) is 17.9 Å². The van der Waals surface area contributed by atoms with Gasteiger partial charge in [-0.05, 0) is 31.5 Å². The summed E-state index contributed by atoms with van der Waals surface area (Å²) in [5, 5.41) is 5.69. The van der Waals surface area contributed by atoms with E-state index in [1.54, 1.807) is 12.1 Å². The van der Waals surface area contributed by atoms with E-state index in [1.807, 2.05) is 23.6 Å². The summed E-state index contributed by atoms with van der Waals surface area (Å²) in [6.45, 7) is 1.89. The fraction of sp³-hybridized carbons (Fsp3) is 0.353. The van der Waals surface area contributed by atoms with Crippen LogP contribution >= 0.6 is 11.3 Å². The number of rotatable bonds is 6. The Morgan fingerprint density at radius 3 is 2.88 bits per heavy atom. The molecule has 0 radical (unpaired) electrons. The van der Waals surface area contributed by atoms with Gasteiger partial charge in [0.15, 0.2) is 0 Å². The molecule has 0 bridgehead atoms. The molecule has 1 aliphatic heterocycles. The van der Waals surface area contributed by atoms with Gasteiger partial charge in [-0.1, -0.05) is 18.2 Å². The first-order valence-electron chi connectivity index (χ1n) is 7.93. The highest BCUT2D eigenvalue weighted by atomic mass is 32.1. The summed E-state index contributed by atoms with van der Waals surface area (Å²) in [6, 6.07) is 8.91. The second-order valence-electron chi connectivity index (χ2n) is 5.81. The number of hydrogen-bond acceptors (Lipinski definition) is 5. The highest BCUT2D eigenvalue weighted by Gasteiger charge is 2.29. The number of nitrogens with zero attached hydrogens (tertiary/aromatic N) is 2. The van der Waals surface area contributed by atoms with Crippen LogP contribution in [0.3, 0.4) is 0 Å². The lowest BCUT2D eigenvalue weighted by Crippen LogP contribution is -2.39. The lowest BCUT2D eigenvalue weighted by Gasteiger charge is -2.20. The molecule has 3 rings (SSSR count). The van der Waals surface area contributed by atoms with Gasteiger partial charge in [0.1, 0.15) is 5.01 Å². The lowest BCUT2D eigenvalue weighted by atomic mass is 10.2. The van der Waals surface area contributed by atoms with Gasteiger partial charge in [0, 0.05) is 17.5 Å². The Kier molecular flexibility index (Phi) is 5.22. The molecule has 1 atom stereocenters. The van der Waals surface area contributed by atoms with Gasteiger partial charge in [-0.25, -0.2) is 4.98 Å². The van der Waals surface area contributed by atoms with Crippen molar-refractivity contribution in [3.05, 3.63) is 52.0 Å². The second kappa shape index (κ2) is 7.55. The first-order valence-corrected chi connectivity index (χ1v) is 8.81. The van der Waals surface area contributed by atoms with Crippen molar-refractivity contribution in [2.45, 2.75) is 32.0 Å². The number of nitrogens with two attached hydrogens (primary N) is 1. The fourth-order valence-corrected chi connectivity index (χ4v) is 3.62. The van der Waals surface area contributed by atoms with Crippen LogP contribution in [0.5, 0.6) is 0 Å². The number of nitrogens with one attached hydrogen (secondary N) is 1.